The Hall–Kier alpha value is -2.62. The average molecular weight is 249 g/mol. The van der Waals surface area contributed by atoms with Crippen molar-refractivity contribution in [1.82, 2.24) is 4.98 Å². The summed E-state index contributed by atoms with van der Waals surface area (Å²) in [5.74, 6) is 1.34. The number of terminal acetylenes is 1. The van der Waals surface area contributed by atoms with Gasteiger partial charge >= 0.3 is 11.7 Å². The molecule has 0 bridgehead atoms. The van der Waals surface area contributed by atoms with Gasteiger partial charge in [-0.3, -0.25) is 10.1 Å². The fourth-order valence-corrected chi connectivity index (χ4v) is 1.39. The molecule has 0 unspecified atom stereocenters. The van der Waals surface area contributed by atoms with Gasteiger partial charge in [0.05, 0.1) is 11.5 Å². The lowest BCUT2D eigenvalue weighted by Crippen LogP contribution is -2.24. The minimum Gasteiger partial charge on any atom is -0.477 e. The molecule has 94 valence electrons. The maximum absolute atomic E-state index is 11.0. The third-order valence-electron chi connectivity index (χ3n) is 2.28. The molecule has 0 fully saturated rings. The third kappa shape index (κ3) is 2.74. The zero-order valence-corrected chi connectivity index (χ0v) is 9.66. The molecular weight excluding hydrogens is 238 g/mol. The summed E-state index contributed by atoms with van der Waals surface area (Å²) in [5, 5.41) is 19.6. The predicted molar refractivity (Wildman–Crippen MR) is 64.6 cm³/mol. The molecule has 0 amide bonds. The first kappa shape index (κ1) is 13.4. The summed E-state index contributed by atoms with van der Waals surface area (Å²) in [6.45, 7) is 2.59. The summed E-state index contributed by atoms with van der Waals surface area (Å²) >= 11 is 0. The number of nitrogens with zero attached hydrogens (tertiary/aromatic N) is 3. The Balaban J connectivity index is 3.26. The Morgan fingerprint density at radius 2 is 2.39 bits per heavy atom. The highest BCUT2D eigenvalue weighted by atomic mass is 16.6. The van der Waals surface area contributed by atoms with Crippen LogP contribution >= 0.6 is 0 Å². The zero-order valence-electron chi connectivity index (χ0n) is 9.66. The van der Waals surface area contributed by atoms with Gasteiger partial charge in [0.15, 0.2) is 0 Å². The van der Waals surface area contributed by atoms with Crippen molar-refractivity contribution in [1.29, 1.82) is 0 Å². The molecule has 0 atom stereocenters. The molecule has 0 saturated heterocycles. The summed E-state index contributed by atoms with van der Waals surface area (Å²) in [4.78, 5) is 26.3. The van der Waals surface area contributed by atoms with Gasteiger partial charge in [-0.25, -0.2) is 9.78 Å². The molecule has 7 heteroatoms. The van der Waals surface area contributed by atoms with Crippen molar-refractivity contribution in [2.45, 2.75) is 6.92 Å². The molecule has 1 N–H and O–H groups in total. The van der Waals surface area contributed by atoms with Gasteiger partial charge in [-0.05, 0) is 6.92 Å². The molecule has 0 spiro atoms. The van der Waals surface area contributed by atoms with E-state index in [9.17, 15) is 14.9 Å². The monoisotopic (exact) mass is 249 g/mol. The van der Waals surface area contributed by atoms with Gasteiger partial charge in [-0.15, -0.1) is 6.42 Å². The van der Waals surface area contributed by atoms with Crippen molar-refractivity contribution in [3.05, 3.63) is 27.9 Å². The third-order valence-corrected chi connectivity index (χ3v) is 2.28. The first-order valence-electron chi connectivity index (χ1n) is 5.07. The maximum atomic E-state index is 11.0. The standard InChI is InChI=1S/C11H11N3O4/c1-3-5-13(4-2)10-6-8(11(15)16)9(7-12-10)14(17)18/h1,6-7H,4-5H2,2H3,(H,15,16). The molecule has 18 heavy (non-hydrogen) atoms. The second-order valence-corrected chi connectivity index (χ2v) is 3.34. The second-order valence-electron chi connectivity index (χ2n) is 3.34. The summed E-state index contributed by atoms with van der Waals surface area (Å²) in [7, 11) is 0. The Bertz CT molecular complexity index is 522. The van der Waals surface area contributed by atoms with Crippen LogP contribution < -0.4 is 4.90 Å². The van der Waals surface area contributed by atoms with Gasteiger partial charge in [0.1, 0.15) is 17.6 Å². The number of aromatic nitrogens is 1. The summed E-state index contributed by atoms with van der Waals surface area (Å²) in [6.07, 6.45) is 6.10. The topological polar surface area (TPSA) is 96.6 Å². The molecule has 0 saturated carbocycles. The molecular formula is C11H11N3O4. The van der Waals surface area contributed by atoms with E-state index in [0.717, 1.165) is 12.3 Å². The number of carboxylic acid groups (broad SMARTS) is 1. The number of hydrogen-bond acceptors (Lipinski definition) is 5. The normalized spacial score (nSPS) is 9.56. The highest BCUT2D eigenvalue weighted by molar-refractivity contribution is 5.93. The smallest absolute Gasteiger partial charge is 0.342 e. The highest BCUT2D eigenvalue weighted by Gasteiger charge is 2.22. The van der Waals surface area contributed by atoms with E-state index in [1.165, 1.54) is 0 Å². The maximum Gasteiger partial charge on any atom is 0.342 e. The van der Waals surface area contributed by atoms with Crippen molar-refractivity contribution >= 4 is 17.5 Å². The molecule has 1 heterocycles. The second kappa shape index (κ2) is 5.63. The molecule has 0 aliphatic rings. The summed E-state index contributed by atoms with van der Waals surface area (Å²) in [5.41, 5.74) is -0.941. The van der Waals surface area contributed by atoms with Crippen LogP contribution in [-0.4, -0.2) is 34.1 Å². The molecule has 0 aliphatic heterocycles. The molecule has 0 radical (unpaired) electrons. The highest BCUT2D eigenvalue weighted by Crippen LogP contribution is 2.22. The van der Waals surface area contributed by atoms with Gasteiger partial charge in [-0.2, -0.15) is 0 Å². The predicted octanol–water partition coefficient (Wildman–Crippen LogP) is 1.15. The molecule has 7 nitrogen and oxygen atoms in total. The van der Waals surface area contributed by atoms with Crippen molar-refractivity contribution in [2.75, 3.05) is 18.0 Å². The van der Waals surface area contributed by atoms with E-state index in [-0.39, 0.29) is 6.54 Å². The quantitative estimate of drug-likeness (QED) is 0.477. The average Bonchev–Trinajstić information content (AvgIpc) is 2.35. The number of hydrogen-bond donors (Lipinski definition) is 1. The van der Waals surface area contributed by atoms with Crippen LogP contribution in [0.2, 0.25) is 0 Å². The van der Waals surface area contributed by atoms with Crippen LogP contribution in [0.25, 0.3) is 0 Å². The Morgan fingerprint density at radius 3 is 2.83 bits per heavy atom. The van der Waals surface area contributed by atoms with E-state index >= 15 is 0 Å². The first-order valence-corrected chi connectivity index (χ1v) is 5.07. The number of carboxylic acids is 1. The number of carbonyl (C=O) groups is 1. The molecule has 1 rings (SSSR count). The van der Waals surface area contributed by atoms with Gasteiger partial charge in [0.2, 0.25) is 0 Å². The lowest BCUT2D eigenvalue weighted by molar-refractivity contribution is -0.385. The fraction of sp³-hybridized carbons (Fsp3) is 0.273. The van der Waals surface area contributed by atoms with Crippen LogP contribution in [0.5, 0.6) is 0 Å². The van der Waals surface area contributed by atoms with E-state index in [1.54, 1.807) is 4.90 Å². The first-order chi connectivity index (χ1) is 8.51. The van der Waals surface area contributed by atoms with E-state index in [2.05, 4.69) is 10.9 Å². The number of pyridine rings is 1. The number of aromatic carboxylic acids is 1. The fourth-order valence-electron chi connectivity index (χ4n) is 1.39. The largest absolute Gasteiger partial charge is 0.477 e. The molecule has 0 aromatic carbocycles. The van der Waals surface area contributed by atoms with Gasteiger partial charge in [0, 0.05) is 12.6 Å². The van der Waals surface area contributed by atoms with Gasteiger partial charge in [0.25, 0.3) is 0 Å². The van der Waals surface area contributed by atoms with Crippen LogP contribution in [0.1, 0.15) is 17.3 Å². The van der Waals surface area contributed by atoms with E-state index in [4.69, 9.17) is 11.5 Å². The minimum absolute atomic E-state index is 0.250. The van der Waals surface area contributed by atoms with Crippen molar-refractivity contribution in [2.24, 2.45) is 0 Å². The number of anilines is 1. The van der Waals surface area contributed by atoms with Gasteiger partial charge < -0.3 is 10.0 Å². The minimum atomic E-state index is -1.37. The van der Waals surface area contributed by atoms with E-state index in [0.29, 0.717) is 12.4 Å². The van der Waals surface area contributed by atoms with E-state index in [1.807, 2.05) is 6.92 Å². The number of rotatable bonds is 5. The zero-order chi connectivity index (χ0) is 13.7. The summed E-state index contributed by atoms with van der Waals surface area (Å²) < 4.78 is 0. The summed E-state index contributed by atoms with van der Waals surface area (Å²) in [6, 6.07) is 1.15. The van der Waals surface area contributed by atoms with Crippen LogP contribution in [0.3, 0.4) is 0 Å². The van der Waals surface area contributed by atoms with Crippen molar-refractivity contribution in [3.63, 3.8) is 0 Å². The lowest BCUT2D eigenvalue weighted by atomic mass is 10.2. The Morgan fingerprint density at radius 1 is 1.72 bits per heavy atom. The van der Waals surface area contributed by atoms with Crippen LogP contribution in [0, 0.1) is 22.5 Å². The number of nitro groups is 1. The Labute approximate surface area is 103 Å². The Kier molecular flexibility index (Phi) is 4.21. The van der Waals surface area contributed by atoms with Crippen molar-refractivity contribution < 1.29 is 14.8 Å². The lowest BCUT2D eigenvalue weighted by Gasteiger charge is -2.18. The molecule has 1 aromatic rings. The molecule has 1 aromatic heterocycles. The molecule has 0 aliphatic carbocycles. The SMILES string of the molecule is C#CCN(CC)c1cc(C(=O)O)c([N+](=O)[O-])cn1. The van der Waals surface area contributed by atoms with E-state index < -0.39 is 22.1 Å². The van der Waals surface area contributed by atoms with Crippen LogP contribution in [0.15, 0.2) is 12.3 Å². The van der Waals surface area contributed by atoms with Crippen molar-refractivity contribution in [3.8, 4) is 12.3 Å². The van der Waals surface area contributed by atoms with Crippen LogP contribution in [-0.2, 0) is 0 Å². The van der Waals surface area contributed by atoms with Gasteiger partial charge in [-0.1, -0.05) is 5.92 Å². The van der Waals surface area contributed by atoms with Crippen LogP contribution in [0.4, 0.5) is 11.5 Å².